The van der Waals surface area contributed by atoms with Crippen molar-refractivity contribution in [1.29, 1.82) is 0 Å². The molecule has 3 nitrogen and oxygen atoms in total. The van der Waals surface area contributed by atoms with Gasteiger partial charge >= 0.3 is 7.60 Å². The summed E-state index contributed by atoms with van der Waals surface area (Å²) in [5.41, 5.74) is 0. The molecule has 0 aromatic heterocycles. The first kappa shape index (κ1) is 11.9. The number of hydrogen-bond donors (Lipinski definition) is 0. The Morgan fingerprint density at radius 3 is 2.50 bits per heavy atom. The van der Waals surface area contributed by atoms with Crippen molar-refractivity contribution in [2.75, 3.05) is 12.8 Å². The molecule has 12 heavy (non-hydrogen) atoms. The van der Waals surface area contributed by atoms with Gasteiger partial charge in [0.15, 0.2) is 0 Å². The fourth-order valence-electron chi connectivity index (χ4n) is 0.684. The lowest BCUT2D eigenvalue weighted by molar-refractivity contribution is 0.179. The van der Waals surface area contributed by atoms with Gasteiger partial charge in [0.25, 0.3) is 0 Å². The molecule has 0 aliphatic rings. The van der Waals surface area contributed by atoms with E-state index in [2.05, 4.69) is 6.58 Å². The van der Waals surface area contributed by atoms with E-state index in [0.717, 1.165) is 0 Å². The molecule has 1 atom stereocenters. The largest absolute Gasteiger partial charge is 0.330 e. The second-order valence-electron chi connectivity index (χ2n) is 2.67. The summed E-state index contributed by atoms with van der Waals surface area (Å²) in [6.45, 7) is 9.20. The first-order chi connectivity index (χ1) is 5.54. The van der Waals surface area contributed by atoms with E-state index in [9.17, 15) is 4.57 Å². The SMILES string of the molecule is C=CCOP(=O)(CC)OC(C)C. The van der Waals surface area contributed by atoms with Crippen LogP contribution < -0.4 is 0 Å². The van der Waals surface area contributed by atoms with Crippen molar-refractivity contribution in [3.05, 3.63) is 12.7 Å². The molecule has 0 bridgehead atoms. The molecule has 4 heteroatoms. The molecule has 0 saturated heterocycles. The third kappa shape index (κ3) is 4.70. The predicted octanol–water partition coefficient (Wildman–Crippen LogP) is 2.83. The van der Waals surface area contributed by atoms with Crippen molar-refractivity contribution in [1.82, 2.24) is 0 Å². The minimum absolute atomic E-state index is 0.0689. The molecule has 0 aliphatic heterocycles. The van der Waals surface area contributed by atoms with E-state index in [4.69, 9.17) is 9.05 Å². The molecule has 0 spiro atoms. The highest BCUT2D eigenvalue weighted by molar-refractivity contribution is 7.53. The zero-order valence-corrected chi connectivity index (χ0v) is 8.84. The van der Waals surface area contributed by atoms with Crippen LogP contribution in [0.3, 0.4) is 0 Å². The monoisotopic (exact) mass is 192 g/mol. The maximum atomic E-state index is 11.7. The van der Waals surface area contributed by atoms with Gasteiger partial charge in [0, 0.05) is 6.16 Å². The second kappa shape index (κ2) is 5.52. The molecule has 0 amide bonds. The average Bonchev–Trinajstić information content (AvgIpc) is 2.00. The normalized spacial score (nSPS) is 16.0. The highest BCUT2D eigenvalue weighted by Gasteiger charge is 2.22. The average molecular weight is 192 g/mol. The molecule has 0 fully saturated rings. The van der Waals surface area contributed by atoms with Gasteiger partial charge in [-0.15, -0.1) is 6.58 Å². The molecule has 1 unspecified atom stereocenters. The first-order valence-corrected chi connectivity index (χ1v) is 5.79. The Labute approximate surface area is 74.3 Å². The molecular formula is C8H17O3P. The summed E-state index contributed by atoms with van der Waals surface area (Å²) in [5.74, 6) is 0. The van der Waals surface area contributed by atoms with Crippen molar-refractivity contribution in [3.63, 3.8) is 0 Å². The molecule has 72 valence electrons. The Balaban J connectivity index is 4.05. The molecular weight excluding hydrogens is 175 g/mol. The molecule has 0 rings (SSSR count). The smallest absolute Gasteiger partial charge is 0.306 e. The van der Waals surface area contributed by atoms with Crippen LogP contribution >= 0.6 is 7.60 Å². The van der Waals surface area contributed by atoms with Crippen LogP contribution in [0.4, 0.5) is 0 Å². The van der Waals surface area contributed by atoms with Gasteiger partial charge in [0.2, 0.25) is 0 Å². The van der Waals surface area contributed by atoms with E-state index in [-0.39, 0.29) is 12.7 Å². The van der Waals surface area contributed by atoms with Crippen molar-refractivity contribution in [3.8, 4) is 0 Å². The van der Waals surface area contributed by atoms with E-state index in [1.54, 1.807) is 13.0 Å². The highest BCUT2D eigenvalue weighted by atomic mass is 31.2. The van der Waals surface area contributed by atoms with Crippen LogP contribution in [-0.2, 0) is 13.6 Å². The molecule has 0 aliphatic carbocycles. The Kier molecular flexibility index (Phi) is 5.47. The Hall–Kier alpha value is -0.110. The molecule has 0 heterocycles. The van der Waals surface area contributed by atoms with Crippen LogP contribution in [0.2, 0.25) is 0 Å². The zero-order chi connectivity index (χ0) is 9.61. The summed E-state index contributed by atoms with van der Waals surface area (Å²) in [7, 11) is -2.84. The van der Waals surface area contributed by atoms with Gasteiger partial charge in [0.1, 0.15) is 0 Å². The third-order valence-corrected chi connectivity index (χ3v) is 3.21. The lowest BCUT2D eigenvalue weighted by Gasteiger charge is -2.18. The summed E-state index contributed by atoms with van der Waals surface area (Å²) in [6.07, 6.45) is 1.89. The van der Waals surface area contributed by atoms with Gasteiger partial charge in [-0.1, -0.05) is 13.0 Å². The molecule has 0 aromatic carbocycles. The standard InChI is InChI=1S/C8H17O3P/c1-5-7-10-12(9,6-2)11-8(3)4/h5,8H,1,6-7H2,2-4H3. The maximum absolute atomic E-state index is 11.7. The van der Waals surface area contributed by atoms with E-state index < -0.39 is 7.60 Å². The Morgan fingerprint density at radius 1 is 1.58 bits per heavy atom. The van der Waals surface area contributed by atoms with Crippen LogP contribution in [0.5, 0.6) is 0 Å². The minimum atomic E-state index is -2.84. The van der Waals surface area contributed by atoms with Crippen molar-refractivity contribution < 1.29 is 13.6 Å². The molecule has 0 radical (unpaired) electrons. The van der Waals surface area contributed by atoms with Crippen LogP contribution in [-0.4, -0.2) is 18.9 Å². The van der Waals surface area contributed by atoms with Gasteiger partial charge in [-0.3, -0.25) is 4.57 Å². The van der Waals surface area contributed by atoms with E-state index in [0.29, 0.717) is 6.16 Å². The van der Waals surface area contributed by atoms with Gasteiger partial charge in [-0.05, 0) is 13.8 Å². The lowest BCUT2D eigenvalue weighted by atomic mass is 10.5. The van der Waals surface area contributed by atoms with Crippen molar-refractivity contribution >= 4 is 7.60 Å². The van der Waals surface area contributed by atoms with E-state index in [1.807, 2.05) is 13.8 Å². The van der Waals surface area contributed by atoms with Gasteiger partial charge in [0.05, 0.1) is 12.7 Å². The highest BCUT2D eigenvalue weighted by Crippen LogP contribution is 2.48. The van der Waals surface area contributed by atoms with Crippen LogP contribution in [0.15, 0.2) is 12.7 Å². The topological polar surface area (TPSA) is 35.5 Å². The first-order valence-electron chi connectivity index (χ1n) is 4.07. The molecule has 0 aromatic rings. The van der Waals surface area contributed by atoms with E-state index in [1.165, 1.54) is 0 Å². The second-order valence-corrected chi connectivity index (χ2v) is 4.99. The third-order valence-electron chi connectivity index (χ3n) is 1.15. The van der Waals surface area contributed by atoms with Crippen LogP contribution in [0.1, 0.15) is 20.8 Å². The summed E-state index contributed by atoms with van der Waals surface area (Å²) in [5, 5.41) is 0. The summed E-state index contributed by atoms with van der Waals surface area (Å²) in [4.78, 5) is 0. The number of rotatable bonds is 6. The Bertz CT molecular complexity index is 177. The van der Waals surface area contributed by atoms with Crippen molar-refractivity contribution in [2.24, 2.45) is 0 Å². The van der Waals surface area contributed by atoms with Gasteiger partial charge in [-0.2, -0.15) is 0 Å². The predicted molar refractivity (Wildman–Crippen MR) is 50.5 cm³/mol. The van der Waals surface area contributed by atoms with Crippen LogP contribution in [0.25, 0.3) is 0 Å². The minimum Gasteiger partial charge on any atom is -0.306 e. The van der Waals surface area contributed by atoms with Crippen LogP contribution in [0, 0.1) is 0 Å². The summed E-state index contributed by atoms with van der Waals surface area (Å²) >= 11 is 0. The summed E-state index contributed by atoms with van der Waals surface area (Å²) in [6, 6.07) is 0. The van der Waals surface area contributed by atoms with E-state index >= 15 is 0 Å². The fraction of sp³-hybridized carbons (Fsp3) is 0.750. The molecule has 0 saturated carbocycles. The zero-order valence-electron chi connectivity index (χ0n) is 7.95. The fourth-order valence-corrected chi connectivity index (χ4v) is 2.05. The molecule has 0 N–H and O–H groups in total. The van der Waals surface area contributed by atoms with Gasteiger partial charge in [-0.25, -0.2) is 0 Å². The maximum Gasteiger partial charge on any atom is 0.330 e. The van der Waals surface area contributed by atoms with Gasteiger partial charge < -0.3 is 9.05 Å². The lowest BCUT2D eigenvalue weighted by Crippen LogP contribution is -2.04. The summed E-state index contributed by atoms with van der Waals surface area (Å²) < 4.78 is 21.9. The number of hydrogen-bond acceptors (Lipinski definition) is 3. The Morgan fingerprint density at radius 2 is 2.17 bits per heavy atom. The quantitative estimate of drug-likeness (QED) is 0.479. The van der Waals surface area contributed by atoms with Crippen molar-refractivity contribution in [2.45, 2.75) is 26.9 Å².